The smallest absolute Gasteiger partial charge is 0.178 e. The molecule has 0 radical (unpaired) electrons. The summed E-state index contributed by atoms with van der Waals surface area (Å²) in [7, 11) is 0. The van der Waals surface area contributed by atoms with Gasteiger partial charge < -0.3 is 4.57 Å². The molecule has 1 aliphatic rings. The van der Waals surface area contributed by atoms with Crippen LogP contribution in [0.25, 0.3) is 77.2 Å². The van der Waals surface area contributed by atoms with E-state index in [-0.39, 0.29) is 0 Å². The van der Waals surface area contributed by atoms with Gasteiger partial charge in [0.25, 0.3) is 0 Å². The van der Waals surface area contributed by atoms with Crippen LogP contribution in [0.15, 0.2) is 116 Å². The van der Waals surface area contributed by atoms with Crippen LogP contribution in [0.2, 0.25) is 0 Å². The van der Waals surface area contributed by atoms with Crippen molar-refractivity contribution in [1.82, 2.24) is 23.9 Å². The summed E-state index contributed by atoms with van der Waals surface area (Å²) >= 11 is 0. The molecule has 5 nitrogen and oxygen atoms in total. The fraction of sp³-hybridized carbons (Fsp3) is 0.0278. The van der Waals surface area contributed by atoms with Gasteiger partial charge in [-0.1, -0.05) is 60.7 Å². The quantitative estimate of drug-likeness (QED) is 0.204. The summed E-state index contributed by atoms with van der Waals surface area (Å²) in [4.78, 5) is 14.6. The number of hydrogen-bond acceptors (Lipinski definition) is 3. The number of para-hydroxylation sites is 1. The molecule has 0 bridgehead atoms. The first-order chi connectivity index (χ1) is 20.4. The maximum Gasteiger partial charge on any atom is 0.178 e. The van der Waals surface area contributed by atoms with Gasteiger partial charge in [-0.2, -0.15) is 0 Å². The predicted molar refractivity (Wildman–Crippen MR) is 166 cm³/mol. The number of benzene rings is 4. The van der Waals surface area contributed by atoms with E-state index in [9.17, 15) is 0 Å². The van der Waals surface area contributed by atoms with Crippen molar-refractivity contribution < 1.29 is 0 Å². The predicted octanol–water partition coefficient (Wildman–Crippen LogP) is 8.25. The largest absolute Gasteiger partial charge is 0.309 e. The van der Waals surface area contributed by atoms with Crippen LogP contribution in [0, 0.1) is 0 Å². The molecule has 0 spiro atoms. The van der Waals surface area contributed by atoms with Crippen LogP contribution in [0.3, 0.4) is 0 Å². The van der Waals surface area contributed by atoms with Crippen LogP contribution in [-0.2, 0) is 6.42 Å². The fourth-order valence-corrected chi connectivity index (χ4v) is 7.19. The average molecular weight is 524 g/mol. The van der Waals surface area contributed by atoms with Gasteiger partial charge in [0, 0.05) is 45.2 Å². The molecule has 5 heteroatoms. The summed E-state index contributed by atoms with van der Waals surface area (Å²) in [5, 5.41) is 5.82. The highest BCUT2D eigenvalue weighted by atomic mass is 15.1. The van der Waals surface area contributed by atoms with Gasteiger partial charge in [0.05, 0.1) is 16.6 Å². The molecule has 190 valence electrons. The van der Waals surface area contributed by atoms with Gasteiger partial charge in [-0.25, -0.2) is 15.0 Å². The molecule has 10 rings (SSSR count). The topological polar surface area (TPSA) is 48.0 Å². The number of pyridine rings is 3. The molecule has 0 amide bonds. The molecule has 0 saturated heterocycles. The number of aromatic nitrogens is 5. The second kappa shape index (κ2) is 7.55. The molecule has 41 heavy (non-hydrogen) atoms. The molecule has 5 heterocycles. The van der Waals surface area contributed by atoms with Gasteiger partial charge in [-0.3, -0.25) is 4.40 Å². The Kier molecular flexibility index (Phi) is 3.92. The lowest BCUT2D eigenvalue weighted by Gasteiger charge is -2.12. The van der Waals surface area contributed by atoms with Crippen molar-refractivity contribution in [3.8, 4) is 16.8 Å². The standard InChI is InChI=1S/C36H21N5/c1-2-9-23(10-3-1)40-28-17-16-25-26-12-6-19-38-35(26)41-29-13-7-18-37-34(29)39-36(41)32(25)31(28)27-15-14-22-20-21-8-4-5-11-24(21)30(22)33(27)40/h1-19H,20H2. The molecule has 9 aromatic rings. The van der Waals surface area contributed by atoms with Crippen LogP contribution in [0.4, 0.5) is 0 Å². The average Bonchev–Trinajstić information content (AvgIpc) is 3.71. The van der Waals surface area contributed by atoms with Crippen LogP contribution in [-0.4, -0.2) is 23.9 Å². The molecule has 0 fully saturated rings. The van der Waals surface area contributed by atoms with Crippen molar-refractivity contribution in [2.45, 2.75) is 6.42 Å². The third-order valence-corrected chi connectivity index (χ3v) is 8.81. The minimum absolute atomic E-state index is 0.727. The van der Waals surface area contributed by atoms with Crippen molar-refractivity contribution >= 4 is 60.4 Å². The van der Waals surface area contributed by atoms with Crippen molar-refractivity contribution in [3.05, 3.63) is 127 Å². The number of fused-ring (bicyclic) bond motifs is 16. The van der Waals surface area contributed by atoms with Crippen LogP contribution < -0.4 is 0 Å². The normalized spacial score (nSPS) is 12.8. The molecule has 5 aromatic heterocycles. The van der Waals surface area contributed by atoms with E-state index in [4.69, 9.17) is 9.97 Å². The molecule has 4 aromatic carbocycles. The van der Waals surface area contributed by atoms with E-state index in [0.29, 0.717) is 0 Å². The van der Waals surface area contributed by atoms with Crippen molar-refractivity contribution in [1.29, 1.82) is 0 Å². The first-order valence-corrected chi connectivity index (χ1v) is 13.9. The van der Waals surface area contributed by atoms with E-state index in [1.54, 1.807) is 0 Å². The van der Waals surface area contributed by atoms with E-state index < -0.39 is 0 Å². The molecule has 0 atom stereocenters. The number of imidazole rings is 1. The highest BCUT2D eigenvalue weighted by Gasteiger charge is 2.27. The summed E-state index contributed by atoms with van der Waals surface area (Å²) in [5.41, 5.74) is 12.5. The lowest BCUT2D eigenvalue weighted by atomic mass is 9.99. The van der Waals surface area contributed by atoms with E-state index in [0.717, 1.165) is 50.7 Å². The minimum Gasteiger partial charge on any atom is -0.309 e. The Bertz CT molecular complexity index is 2550. The number of nitrogens with zero attached hydrogens (tertiary/aromatic N) is 5. The molecular formula is C36H21N5. The Morgan fingerprint density at radius 3 is 2.34 bits per heavy atom. The van der Waals surface area contributed by atoms with E-state index in [2.05, 4.69) is 105 Å². The van der Waals surface area contributed by atoms with Crippen molar-refractivity contribution in [2.75, 3.05) is 0 Å². The number of hydrogen-bond donors (Lipinski definition) is 0. The second-order valence-electron chi connectivity index (χ2n) is 10.9. The molecule has 0 N–H and O–H groups in total. The minimum atomic E-state index is 0.727. The highest BCUT2D eigenvalue weighted by molar-refractivity contribution is 6.30. The first-order valence-electron chi connectivity index (χ1n) is 13.9. The van der Waals surface area contributed by atoms with Gasteiger partial charge >= 0.3 is 0 Å². The van der Waals surface area contributed by atoms with Crippen LogP contribution >= 0.6 is 0 Å². The zero-order valence-corrected chi connectivity index (χ0v) is 21.9. The Labute approximate surface area is 234 Å². The highest BCUT2D eigenvalue weighted by Crippen LogP contribution is 2.47. The third kappa shape index (κ3) is 2.63. The lowest BCUT2D eigenvalue weighted by molar-refractivity contribution is 1.18. The van der Waals surface area contributed by atoms with Gasteiger partial charge in [0.1, 0.15) is 11.3 Å². The second-order valence-corrected chi connectivity index (χ2v) is 10.9. The monoisotopic (exact) mass is 523 g/mol. The van der Waals surface area contributed by atoms with E-state index in [1.807, 2.05) is 24.5 Å². The zero-order chi connectivity index (χ0) is 26.7. The lowest BCUT2D eigenvalue weighted by Crippen LogP contribution is -1.96. The summed E-state index contributed by atoms with van der Waals surface area (Å²) in [5.74, 6) is 0. The summed E-state index contributed by atoms with van der Waals surface area (Å²) in [6.45, 7) is 0. The third-order valence-electron chi connectivity index (χ3n) is 8.81. The van der Waals surface area contributed by atoms with Gasteiger partial charge in [-0.15, -0.1) is 0 Å². The maximum absolute atomic E-state index is 5.14. The maximum atomic E-state index is 5.14. The summed E-state index contributed by atoms with van der Waals surface area (Å²) < 4.78 is 4.64. The summed E-state index contributed by atoms with van der Waals surface area (Å²) in [6, 6.07) is 37.0. The van der Waals surface area contributed by atoms with Gasteiger partial charge in [-0.05, 0) is 71.0 Å². The van der Waals surface area contributed by atoms with Crippen LogP contribution in [0.1, 0.15) is 11.1 Å². The SMILES string of the molecule is c1ccc(-n2c3ccc4c5cccnc5n5c6cccnc6nc5c4c3c3ccc4c(c32)-c2ccccc2C4)cc1. The number of rotatable bonds is 1. The molecule has 0 unspecified atom stereocenters. The Morgan fingerprint density at radius 2 is 1.39 bits per heavy atom. The zero-order valence-electron chi connectivity index (χ0n) is 21.9. The molecule has 1 aliphatic carbocycles. The Hall–Kier alpha value is -5.55. The van der Waals surface area contributed by atoms with E-state index >= 15 is 0 Å². The Morgan fingerprint density at radius 1 is 0.561 bits per heavy atom. The Balaban J connectivity index is 1.52. The molecule has 0 saturated carbocycles. The molecule has 0 aliphatic heterocycles. The van der Waals surface area contributed by atoms with Crippen LogP contribution in [0.5, 0.6) is 0 Å². The van der Waals surface area contributed by atoms with Crippen molar-refractivity contribution in [2.24, 2.45) is 0 Å². The van der Waals surface area contributed by atoms with E-state index in [1.165, 1.54) is 44.1 Å². The van der Waals surface area contributed by atoms with Gasteiger partial charge in [0.2, 0.25) is 0 Å². The first kappa shape index (κ1) is 21.3. The molecular weight excluding hydrogens is 502 g/mol. The summed E-state index contributed by atoms with van der Waals surface area (Å²) in [6.07, 6.45) is 4.62. The fourth-order valence-electron chi connectivity index (χ4n) is 7.19. The van der Waals surface area contributed by atoms with Crippen molar-refractivity contribution in [3.63, 3.8) is 0 Å². The van der Waals surface area contributed by atoms with Gasteiger partial charge in [0.15, 0.2) is 5.65 Å².